The maximum atomic E-state index is 12.7. The molecule has 2 aliphatic rings. The largest absolute Gasteiger partial charge is 0.338 e. The van der Waals surface area contributed by atoms with Crippen LogP contribution in [0.1, 0.15) is 37.3 Å². The average Bonchev–Trinajstić information content (AvgIpc) is 2.65. The Kier molecular flexibility index (Phi) is 5.99. The Labute approximate surface area is 156 Å². The van der Waals surface area contributed by atoms with E-state index in [0.717, 1.165) is 37.1 Å². The van der Waals surface area contributed by atoms with Crippen molar-refractivity contribution in [3.05, 3.63) is 29.3 Å². The van der Waals surface area contributed by atoms with Crippen LogP contribution in [0.3, 0.4) is 0 Å². The molecule has 1 N–H and O–H groups in total. The summed E-state index contributed by atoms with van der Waals surface area (Å²) in [6.45, 7) is 5.61. The zero-order chi connectivity index (χ0) is 18.7. The molecule has 0 aliphatic carbocycles. The van der Waals surface area contributed by atoms with Crippen LogP contribution in [0, 0.1) is 5.92 Å². The molecule has 0 aromatic heterocycles. The first-order valence-corrected chi connectivity index (χ1v) is 10.9. The fraction of sp³-hybridized carbons (Fsp3) is 0.632. The van der Waals surface area contributed by atoms with Gasteiger partial charge in [-0.3, -0.25) is 4.79 Å². The third-order valence-electron chi connectivity index (χ3n) is 5.44. The van der Waals surface area contributed by atoms with Crippen LogP contribution in [0.25, 0.3) is 0 Å². The van der Waals surface area contributed by atoms with Crippen LogP contribution in [0.15, 0.2) is 23.1 Å². The van der Waals surface area contributed by atoms with Crippen molar-refractivity contribution in [2.75, 3.05) is 33.2 Å². The van der Waals surface area contributed by atoms with Crippen LogP contribution in [0.2, 0.25) is 0 Å². The maximum Gasteiger partial charge on any atom is 0.240 e. The van der Waals surface area contributed by atoms with Crippen LogP contribution in [-0.2, 0) is 27.8 Å². The maximum absolute atomic E-state index is 12.7. The molecule has 1 fully saturated rings. The van der Waals surface area contributed by atoms with Gasteiger partial charge in [-0.25, -0.2) is 13.1 Å². The lowest BCUT2D eigenvalue weighted by atomic mass is 9.99. The van der Waals surface area contributed by atoms with E-state index in [1.165, 1.54) is 0 Å². The Bertz CT molecular complexity index is 763. The van der Waals surface area contributed by atoms with Gasteiger partial charge in [-0.05, 0) is 62.0 Å². The molecule has 7 heteroatoms. The molecular weight excluding hydrogens is 350 g/mol. The highest BCUT2D eigenvalue weighted by Gasteiger charge is 2.24. The summed E-state index contributed by atoms with van der Waals surface area (Å²) in [6.07, 6.45) is 3.40. The van der Waals surface area contributed by atoms with Crippen molar-refractivity contribution >= 4 is 15.9 Å². The lowest BCUT2D eigenvalue weighted by molar-refractivity contribution is -0.131. The van der Waals surface area contributed by atoms with Gasteiger partial charge in [0.1, 0.15) is 0 Å². The molecule has 26 heavy (non-hydrogen) atoms. The van der Waals surface area contributed by atoms with Gasteiger partial charge in [0, 0.05) is 32.6 Å². The van der Waals surface area contributed by atoms with Crippen LogP contribution in [0.5, 0.6) is 0 Å². The minimum absolute atomic E-state index is 0.145. The van der Waals surface area contributed by atoms with Crippen molar-refractivity contribution in [3.8, 4) is 0 Å². The van der Waals surface area contributed by atoms with Crippen LogP contribution in [-0.4, -0.2) is 57.4 Å². The molecule has 2 aliphatic heterocycles. The number of carbonyl (C=O) groups excluding carboxylic acids is 1. The van der Waals surface area contributed by atoms with Crippen molar-refractivity contribution in [1.82, 2.24) is 14.5 Å². The number of nitrogens with one attached hydrogen (secondary N) is 1. The lowest BCUT2D eigenvalue weighted by Crippen LogP contribution is -2.39. The predicted octanol–water partition coefficient (Wildman–Crippen LogP) is 1.60. The van der Waals surface area contributed by atoms with Crippen LogP contribution in [0.4, 0.5) is 0 Å². The fourth-order valence-electron chi connectivity index (χ4n) is 3.88. The smallest absolute Gasteiger partial charge is 0.240 e. The van der Waals surface area contributed by atoms with Gasteiger partial charge in [0.2, 0.25) is 15.9 Å². The summed E-state index contributed by atoms with van der Waals surface area (Å²) in [6, 6.07) is 5.29. The quantitative estimate of drug-likeness (QED) is 0.844. The zero-order valence-corrected chi connectivity index (χ0v) is 16.5. The number of hydrogen-bond donors (Lipinski definition) is 1. The van der Waals surface area contributed by atoms with E-state index < -0.39 is 10.0 Å². The number of benzene rings is 1. The van der Waals surface area contributed by atoms with Gasteiger partial charge in [0.05, 0.1) is 4.90 Å². The van der Waals surface area contributed by atoms with Gasteiger partial charge in [-0.1, -0.05) is 13.0 Å². The number of piperidine rings is 1. The molecule has 0 saturated carbocycles. The molecule has 1 aromatic rings. The Morgan fingerprint density at radius 1 is 1.27 bits per heavy atom. The minimum Gasteiger partial charge on any atom is -0.338 e. The second kappa shape index (κ2) is 8.06. The third-order valence-corrected chi connectivity index (χ3v) is 6.86. The molecule has 2 heterocycles. The normalized spacial score (nSPS) is 21.5. The van der Waals surface area contributed by atoms with Crippen LogP contribution < -0.4 is 4.72 Å². The van der Waals surface area contributed by atoms with Crippen molar-refractivity contribution in [1.29, 1.82) is 0 Å². The Balaban J connectivity index is 1.66. The topological polar surface area (TPSA) is 69.7 Å². The summed E-state index contributed by atoms with van der Waals surface area (Å²) in [5, 5.41) is 0. The van der Waals surface area contributed by atoms with Gasteiger partial charge >= 0.3 is 0 Å². The first-order chi connectivity index (χ1) is 12.4. The van der Waals surface area contributed by atoms with Crippen LogP contribution >= 0.6 is 0 Å². The summed E-state index contributed by atoms with van der Waals surface area (Å²) in [4.78, 5) is 16.3. The highest BCUT2D eigenvalue weighted by molar-refractivity contribution is 7.89. The van der Waals surface area contributed by atoms with Gasteiger partial charge in [-0.15, -0.1) is 0 Å². The Morgan fingerprint density at radius 3 is 2.81 bits per heavy atom. The third kappa shape index (κ3) is 4.45. The van der Waals surface area contributed by atoms with E-state index in [1.807, 2.05) is 17.9 Å². The molecule has 3 rings (SSSR count). The number of carbonyl (C=O) groups is 1. The summed E-state index contributed by atoms with van der Waals surface area (Å²) in [5.41, 5.74) is 2.08. The van der Waals surface area contributed by atoms with E-state index >= 15 is 0 Å². The molecule has 1 aromatic carbocycles. The number of hydrogen-bond acceptors (Lipinski definition) is 4. The van der Waals surface area contributed by atoms with Gasteiger partial charge in [-0.2, -0.15) is 0 Å². The first-order valence-electron chi connectivity index (χ1n) is 9.47. The molecule has 6 nitrogen and oxygen atoms in total. The number of amides is 1. The fourth-order valence-corrected chi connectivity index (χ4v) is 5.05. The summed E-state index contributed by atoms with van der Waals surface area (Å²) < 4.78 is 28.1. The second-order valence-corrected chi connectivity index (χ2v) is 9.24. The number of rotatable bonds is 5. The van der Waals surface area contributed by atoms with E-state index in [0.29, 0.717) is 43.3 Å². The molecule has 1 unspecified atom stereocenters. The number of likely N-dealkylation sites (tertiary alicyclic amines) is 1. The van der Waals surface area contributed by atoms with Gasteiger partial charge in [0.25, 0.3) is 0 Å². The van der Waals surface area contributed by atoms with E-state index in [2.05, 4.69) is 16.7 Å². The Morgan fingerprint density at radius 2 is 2.08 bits per heavy atom. The molecule has 0 bridgehead atoms. The van der Waals surface area contributed by atoms with Crippen molar-refractivity contribution < 1.29 is 13.2 Å². The molecule has 1 saturated heterocycles. The van der Waals surface area contributed by atoms with Gasteiger partial charge < -0.3 is 9.80 Å². The first kappa shape index (κ1) is 19.3. The van der Waals surface area contributed by atoms with Gasteiger partial charge in [0.15, 0.2) is 0 Å². The van der Waals surface area contributed by atoms with E-state index in [9.17, 15) is 13.2 Å². The van der Waals surface area contributed by atoms with Crippen molar-refractivity contribution in [2.24, 2.45) is 5.92 Å². The van der Waals surface area contributed by atoms with E-state index in [4.69, 9.17) is 0 Å². The lowest BCUT2D eigenvalue weighted by Gasteiger charge is -2.30. The monoisotopic (exact) mass is 379 g/mol. The molecule has 0 radical (unpaired) electrons. The summed E-state index contributed by atoms with van der Waals surface area (Å²) in [5.74, 6) is 0.515. The predicted molar refractivity (Wildman–Crippen MR) is 101 cm³/mol. The average molecular weight is 380 g/mol. The molecule has 1 atom stereocenters. The summed E-state index contributed by atoms with van der Waals surface area (Å²) >= 11 is 0. The standard InChI is InChI=1S/C19H29N3O3S/c1-3-19(23)22-10-8-16-11-18(7-6-17(16)14-22)26(24,25)20-12-15-5-4-9-21(2)13-15/h6-7,11,15,20H,3-5,8-10,12-14H2,1-2H3. The zero-order valence-electron chi connectivity index (χ0n) is 15.7. The van der Waals surface area contributed by atoms with E-state index in [1.54, 1.807) is 12.1 Å². The number of nitrogens with zero attached hydrogens (tertiary/aromatic N) is 2. The highest BCUT2D eigenvalue weighted by Crippen LogP contribution is 2.23. The van der Waals surface area contributed by atoms with Crippen molar-refractivity contribution in [3.63, 3.8) is 0 Å². The second-order valence-electron chi connectivity index (χ2n) is 7.47. The molecule has 144 valence electrons. The highest BCUT2D eigenvalue weighted by atomic mass is 32.2. The molecule has 0 spiro atoms. The molecule has 1 amide bonds. The summed E-state index contributed by atoms with van der Waals surface area (Å²) in [7, 11) is -1.41. The Hall–Kier alpha value is -1.44. The number of fused-ring (bicyclic) bond motifs is 1. The van der Waals surface area contributed by atoms with E-state index in [-0.39, 0.29) is 5.91 Å². The van der Waals surface area contributed by atoms with Crippen molar-refractivity contribution in [2.45, 2.75) is 44.0 Å². The minimum atomic E-state index is -3.49. The molecular formula is C19H29N3O3S. The SMILES string of the molecule is CCC(=O)N1CCc2cc(S(=O)(=O)NCC3CCCN(C)C3)ccc2C1. The number of sulfonamides is 1.